The molecule has 4 heteroatoms. The molecule has 0 radical (unpaired) electrons. The zero-order chi connectivity index (χ0) is 11.9. The minimum atomic E-state index is 0.557. The zero-order valence-electron chi connectivity index (χ0n) is 9.37. The van der Waals surface area contributed by atoms with Crippen LogP contribution in [0.1, 0.15) is 16.1 Å². The lowest BCUT2D eigenvalue weighted by Gasteiger charge is -2.04. The molecule has 0 aliphatic rings. The van der Waals surface area contributed by atoms with E-state index < -0.39 is 0 Å². The molecule has 0 spiro atoms. The van der Waals surface area contributed by atoms with Crippen molar-refractivity contribution in [1.29, 1.82) is 0 Å². The number of aldehydes is 1. The maximum absolute atomic E-state index is 11.0. The van der Waals surface area contributed by atoms with Crippen LogP contribution in [0.25, 0.3) is 10.9 Å². The highest BCUT2D eigenvalue weighted by atomic mass is 35.5. The molecule has 1 aromatic carbocycles. The molecular formula is C12H12ClNO2. The molecule has 0 unspecified atom stereocenters. The maximum Gasteiger partial charge on any atom is 0.166 e. The Morgan fingerprint density at radius 1 is 1.44 bits per heavy atom. The Balaban J connectivity index is 2.89. The molecule has 1 heterocycles. The fraction of sp³-hybridized carbons (Fsp3) is 0.250. The monoisotopic (exact) mass is 237 g/mol. The Labute approximate surface area is 98.6 Å². The summed E-state index contributed by atoms with van der Waals surface area (Å²) in [6.45, 7) is 1.91. The Morgan fingerprint density at radius 3 is 2.69 bits per heavy atom. The van der Waals surface area contributed by atoms with Crippen LogP contribution in [0.5, 0.6) is 5.75 Å². The van der Waals surface area contributed by atoms with Crippen molar-refractivity contribution in [2.45, 2.75) is 6.92 Å². The third kappa shape index (κ3) is 1.39. The van der Waals surface area contributed by atoms with Crippen LogP contribution < -0.4 is 4.74 Å². The SMILES string of the molecule is COc1cc2c(cc1Cl)c(C)c(C=O)n2C. The van der Waals surface area contributed by atoms with Gasteiger partial charge in [-0.2, -0.15) is 0 Å². The second kappa shape index (κ2) is 3.83. The van der Waals surface area contributed by atoms with E-state index in [2.05, 4.69) is 0 Å². The number of aryl methyl sites for hydroxylation is 2. The number of carbonyl (C=O) groups excluding carboxylic acids is 1. The van der Waals surface area contributed by atoms with Crippen LogP contribution in [-0.2, 0) is 7.05 Å². The van der Waals surface area contributed by atoms with E-state index in [-0.39, 0.29) is 0 Å². The van der Waals surface area contributed by atoms with E-state index in [0.29, 0.717) is 16.5 Å². The van der Waals surface area contributed by atoms with Crippen LogP contribution in [0.3, 0.4) is 0 Å². The van der Waals surface area contributed by atoms with Gasteiger partial charge in [-0.15, -0.1) is 0 Å². The summed E-state index contributed by atoms with van der Waals surface area (Å²) < 4.78 is 7.00. The van der Waals surface area contributed by atoms with Crippen molar-refractivity contribution in [3.05, 3.63) is 28.4 Å². The second-order valence-electron chi connectivity index (χ2n) is 3.69. The van der Waals surface area contributed by atoms with Gasteiger partial charge < -0.3 is 9.30 Å². The molecule has 2 aromatic rings. The third-order valence-electron chi connectivity index (χ3n) is 2.89. The van der Waals surface area contributed by atoms with Gasteiger partial charge >= 0.3 is 0 Å². The van der Waals surface area contributed by atoms with Gasteiger partial charge in [-0.05, 0) is 18.6 Å². The highest BCUT2D eigenvalue weighted by molar-refractivity contribution is 6.33. The van der Waals surface area contributed by atoms with Crippen LogP contribution in [0.15, 0.2) is 12.1 Å². The number of methoxy groups -OCH3 is 1. The van der Waals surface area contributed by atoms with Crippen molar-refractivity contribution < 1.29 is 9.53 Å². The molecule has 0 bridgehead atoms. The van der Waals surface area contributed by atoms with Crippen molar-refractivity contribution in [2.75, 3.05) is 7.11 Å². The number of hydrogen-bond acceptors (Lipinski definition) is 2. The van der Waals surface area contributed by atoms with Crippen LogP contribution in [0.2, 0.25) is 5.02 Å². The highest BCUT2D eigenvalue weighted by Gasteiger charge is 2.13. The first-order chi connectivity index (χ1) is 7.60. The van der Waals surface area contributed by atoms with E-state index in [0.717, 1.165) is 22.8 Å². The molecule has 2 rings (SSSR count). The number of nitrogens with zero attached hydrogens (tertiary/aromatic N) is 1. The normalized spacial score (nSPS) is 10.8. The summed E-state index contributed by atoms with van der Waals surface area (Å²) in [6, 6.07) is 3.68. The van der Waals surface area contributed by atoms with Crippen molar-refractivity contribution in [3.63, 3.8) is 0 Å². The first-order valence-corrected chi connectivity index (χ1v) is 5.25. The summed E-state index contributed by atoms with van der Waals surface area (Å²) in [5.74, 6) is 0.618. The highest BCUT2D eigenvalue weighted by Crippen LogP contribution is 2.33. The summed E-state index contributed by atoms with van der Waals surface area (Å²) >= 11 is 6.06. The minimum Gasteiger partial charge on any atom is -0.495 e. The molecule has 0 aliphatic carbocycles. The topological polar surface area (TPSA) is 31.2 Å². The molecule has 0 amide bonds. The largest absolute Gasteiger partial charge is 0.495 e. The first kappa shape index (κ1) is 11.0. The zero-order valence-corrected chi connectivity index (χ0v) is 10.1. The number of fused-ring (bicyclic) bond motifs is 1. The van der Waals surface area contributed by atoms with Gasteiger partial charge in [0.25, 0.3) is 0 Å². The number of rotatable bonds is 2. The average Bonchev–Trinajstić information content (AvgIpc) is 2.50. The first-order valence-electron chi connectivity index (χ1n) is 4.87. The Morgan fingerprint density at radius 2 is 2.12 bits per heavy atom. The van der Waals surface area contributed by atoms with Gasteiger partial charge in [-0.25, -0.2) is 0 Å². The number of hydrogen-bond donors (Lipinski definition) is 0. The predicted octanol–water partition coefficient (Wildman–Crippen LogP) is 2.96. The van der Waals surface area contributed by atoms with Crippen molar-refractivity contribution >= 4 is 28.8 Å². The van der Waals surface area contributed by atoms with Gasteiger partial charge in [-0.3, -0.25) is 4.79 Å². The van der Waals surface area contributed by atoms with Gasteiger partial charge in [0.15, 0.2) is 6.29 Å². The van der Waals surface area contributed by atoms with E-state index in [1.54, 1.807) is 7.11 Å². The van der Waals surface area contributed by atoms with E-state index in [1.165, 1.54) is 0 Å². The summed E-state index contributed by atoms with van der Waals surface area (Å²) in [6.07, 6.45) is 0.857. The number of aromatic nitrogens is 1. The van der Waals surface area contributed by atoms with Gasteiger partial charge in [0, 0.05) is 18.5 Å². The third-order valence-corrected chi connectivity index (χ3v) is 3.19. The molecule has 0 aliphatic heterocycles. The van der Waals surface area contributed by atoms with E-state index in [4.69, 9.17) is 16.3 Å². The Bertz CT molecular complexity index is 572. The Kier molecular flexibility index (Phi) is 2.64. The predicted molar refractivity (Wildman–Crippen MR) is 64.6 cm³/mol. The molecule has 0 atom stereocenters. The van der Waals surface area contributed by atoms with Crippen LogP contribution in [0.4, 0.5) is 0 Å². The van der Waals surface area contributed by atoms with Crippen molar-refractivity contribution in [2.24, 2.45) is 7.05 Å². The van der Waals surface area contributed by atoms with E-state index in [9.17, 15) is 4.79 Å². The molecule has 0 saturated carbocycles. The van der Waals surface area contributed by atoms with E-state index in [1.807, 2.05) is 30.7 Å². The number of benzene rings is 1. The van der Waals surface area contributed by atoms with Crippen molar-refractivity contribution in [1.82, 2.24) is 4.57 Å². The maximum atomic E-state index is 11.0. The quantitative estimate of drug-likeness (QED) is 0.752. The summed E-state index contributed by atoms with van der Waals surface area (Å²) in [5.41, 5.74) is 2.55. The van der Waals surface area contributed by atoms with Crippen LogP contribution in [0, 0.1) is 6.92 Å². The number of ether oxygens (including phenoxy) is 1. The van der Waals surface area contributed by atoms with Gasteiger partial charge in [0.2, 0.25) is 0 Å². The lowest BCUT2D eigenvalue weighted by molar-refractivity contribution is 0.111. The molecule has 0 fully saturated rings. The average molecular weight is 238 g/mol. The van der Waals surface area contributed by atoms with Gasteiger partial charge in [0.05, 0.1) is 23.3 Å². The molecule has 84 valence electrons. The van der Waals surface area contributed by atoms with Crippen LogP contribution in [-0.4, -0.2) is 18.0 Å². The summed E-state index contributed by atoms with van der Waals surface area (Å²) in [7, 11) is 3.43. The lowest BCUT2D eigenvalue weighted by atomic mass is 10.1. The minimum absolute atomic E-state index is 0.557. The fourth-order valence-electron chi connectivity index (χ4n) is 1.96. The fourth-order valence-corrected chi connectivity index (χ4v) is 2.20. The lowest BCUT2D eigenvalue weighted by Crippen LogP contribution is -1.95. The molecular weight excluding hydrogens is 226 g/mol. The summed E-state index contributed by atoms with van der Waals surface area (Å²) in [5, 5.41) is 1.54. The standard InChI is InChI=1S/C12H12ClNO2/c1-7-8-4-9(13)12(16-3)5-10(8)14(2)11(7)6-15/h4-6H,1-3H3. The van der Waals surface area contributed by atoms with Crippen LogP contribution >= 0.6 is 11.6 Å². The number of halogens is 1. The van der Waals surface area contributed by atoms with Gasteiger partial charge in [0.1, 0.15) is 5.75 Å². The van der Waals surface area contributed by atoms with Crippen molar-refractivity contribution in [3.8, 4) is 5.75 Å². The smallest absolute Gasteiger partial charge is 0.166 e. The number of carbonyl (C=O) groups is 1. The van der Waals surface area contributed by atoms with E-state index >= 15 is 0 Å². The molecule has 16 heavy (non-hydrogen) atoms. The molecule has 3 nitrogen and oxygen atoms in total. The van der Waals surface area contributed by atoms with Gasteiger partial charge in [-0.1, -0.05) is 11.6 Å². The summed E-state index contributed by atoms with van der Waals surface area (Å²) in [4.78, 5) is 11.0. The molecule has 0 N–H and O–H groups in total. The second-order valence-corrected chi connectivity index (χ2v) is 4.10. The molecule has 0 saturated heterocycles. The Hall–Kier alpha value is -1.48. The molecule has 1 aromatic heterocycles.